The van der Waals surface area contributed by atoms with E-state index in [1.165, 1.54) is 17.0 Å². The van der Waals surface area contributed by atoms with Gasteiger partial charge in [0.05, 0.1) is 0 Å². The minimum atomic E-state index is -0.197. The monoisotopic (exact) mass is 275 g/mol. The molecule has 0 aliphatic heterocycles. The molecule has 2 aromatic carbocycles. The molecule has 2 N–H and O–H groups in total. The summed E-state index contributed by atoms with van der Waals surface area (Å²) < 4.78 is 12.8. The van der Waals surface area contributed by atoms with E-state index in [2.05, 4.69) is 12.1 Å². The molecular formula is C16H18FNS. The fourth-order valence-electron chi connectivity index (χ4n) is 1.87. The van der Waals surface area contributed by atoms with Crippen molar-refractivity contribution in [1.82, 2.24) is 0 Å². The van der Waals surface area contributed by atoms with E-state index < -0.39 is 0 Å². The first-order valence-corrected chi connectivity index (χ1v) is 7.40. The topological polar surface area (TPSA) is 26.0 Å². The van der Waals surface area contributed by atoms with Crippen LogP contribution in [0.2, 0.25) is 0 Å². The smallest absolute Gasteiger partial charge is 0.123 e. The largest absolute Gasteiger partial charge is 0.327 e. The summed E-state index contributed by atoms with van der Waals surface area (Å²) in [7, 11) is 0. The predicted octanol–water partition coefficient (Wildman–Crippen LogP) is 3.88. The second-order valence-electron chi connectivity index (χ2n) is 4.54. The van der Waals surface area contributed by atoms with Crippen LogP contribution in [-0.4, -0.2) is 11.8 Å². The summed E-state index contributed by atoms with van der Waals surface area (Å²) in [4.78, 5) is 1.27. The van der Waals surface area contributed by atoms with Gasteiger partial charge in [0.15, 0.2) is 0 Å². The molecular weight excluding hydrogens is 257 g/mol. The molecule has 0 radical (unpaired) electrons. The third-order valence-electron chi connectivity index (χ3n) is 2.91. The highest BCUT2D eigenvalue weighted by molar-refractivity contribution is 7.99. The second kappa shape index (κ2) is 7.31. The molecule has 0 fully saturated rings. The Bertz CT molecular complexity index is 484. The number of hydrogen-bond acceptors (Lipinski definition) is 2. The van der Waals surface area contributed by atoms with Crippen LogP contribution in [-0.2, 0) is 6.42 Å². The summed E-state index contributed by atoms with van der Waals surface area (Å²) in [6, 6.07) is 17.0. The lowest BCUT2D eigenvalue weighted by Crippen LogP contribution is -2.23. The maximum Gasteiger partial charge on any atom is 0.123 e. The van der Waals surface area contributed by atoms with Crippen LogP contribution in [0.25, 0.3) is 0 Å². The lowest BCUT2D eigenvalue weighted by Gasteiger charge is -2.11. The highest BCUT2D eigenvalue weighted by Gasteiger charge is 2.04. The van der Waals surface area contributed by atoms with Gasteiger partial charge in [0.1, 0.15) is 5.82 Å². The van der Waals surface area contributed by atoms with Crippen LogP contribution in [0.5, 0.6) is 0 Å². The zero-order valence-electron chi connectivity index (χ0n) is 10.8. The van der Waals surface area contributed by atoms with Gasteiger partial charge in [-0.2, -0.15) is 0 Å². The fraction of sp³-hybridized carbons (Fsp3) is 0.250. The zero-order chi connectivity index (χ0) is 13.5. The van der Waals surface area contributed by atoms with Crippen molar-refractivity contribution in [1.29, 1.82) is 0 Å². The summed E-state index contributed by atoms with van der Waals surface area (Å²) in [5.41, 5.74) is 7.20. The lowest BCUT2D eigenvalue weighted by atomic mass is 10.1. The van der Waals surface area contributed by atoms with Gasteiger partial charge in [-0.3, -0.25) is 0 Å². The Morgan fingerprint density at radius 3 is 2.37 bits per heavy atom. The summed E-state index contributed by atoms with van der Waals surface area (Å²) >= 11 is 1.82. The minimum absolute atomic E-state index is 0.127. The normalized spacial score (nSPS) is 12.3. The van der Waals surface area contributed by atoms with E-state index in [0.717, 1.165) is 24.2 Å². The van der Waals surface area contributed by atoms with E-state index in [1.54, 1.807) is 12.1 Å². The molecule has 0 amide bonds. The van der Waals surface area contributed by atoms with Crippen LogP contribution >= 0.6 is 11.8 Å². The Kier molecular flexibility index (Phi) is 5.43. The first-order valence-electron chi connectivity index (χ1n) is 6.42. The molecule has 0 saturated carbocycles. The molecule has 0 aliphatic carbocycles. The standard InChI is InChI=1S/C16H18FNS/c17-14-8-6-13(7-9-14)12-15(18)10-11-19-16-4-2-1-3-5-16/h1-9,15H,10-12,18H2. The molecule has 1 unspecified atom stereocenters. The van der Waals surface area contributed by atoms with Crippen molar-refractivity contribution in [3.8, 4) is 0 Å². The molecule has 0 spiro atoms. The van der Waals surface area contributed by atoms with Crippen LogP contribution in [0.3, 0.4) is 0 Å². The van der Waals surface area contributed by atoms with Gasteiger partial charge in [-0.15, -0.1) is 11.8 Å². The highest BCUT2D eigenvalue weighted by Crippen LogP contribution is 2.18. The number of nitrogens with two attached hydrogens (primary N) is 1. The van der Waals surface area contributed by atoms with E-state index in [1.807, 2.05) is 30.0 Å². The molecule has 0 aliphatic rings. The average Bonchev–Trinajstić information content (AvgIpc) is 2.43. The van der Waals surface area contributed by atoms with Gasteiger partial charge in [-0.25, -0.2) is 4.39 Å². The van der Waals surface area contributed by atoms with Gasteiger partial charge in [0.25, 0.3) is 0 Å². The molecule has 2 rings (SSSR count). The summed E-state index contributed by atoms with van der Waals surface area (Å²) in [6.07, 6.45) is 1.76. The van der Waals surface area contributed by atoms with E-state index in [0.29, 0.717) is 0 Å². The van der Waals surface area contributed by atoms with Gasteiger partial charge in [-0.1, -0.05) is 30.3 Å². The van der Waals surface area contributed by atoms with Crippen LogP contribution in [0.1, 0.15) is 12.0 Å². The number of benzene rings is 2. The van der Waals surface area contributed by atoms with E-state index in [4.69, 9.17) is 5.73 Å². The lowest BCUT2D eigenvalue weighted by molar-refractivity contribution is 0.622. The summed E-state index contributed by atoms with van der Waals surface area (Å²) in [6.45, 7) is 0. The highest BCUT2D eigenvalue weighted by atomic mass is 32.2. The van der Waals surface area contributed by atoms with Crippen molar-refractivity contribution in [2.24, 2.45) is 5.73 Å². The minimum Gasteiger partial charge on any atom is -0.327 e. The second-order valence-corrected chi connectivity index (χ2v) is 5.71. The Morgan fingerprint density at radius 1 is 1.00 bits per heavy atom. The SMILES string of the molecule is NC(CCSc1ccccc1)Cc1ccc(F)cc1. The van der Waals surface area contributed by atoms with Crippen LogP contribution in [0.15, 0.2) is 59.5 Å². The third-order valence-corrected chi connectivity index (χ3v) is 3.96. The van der Waals surface area contributed by atoms with E-state index in [9.17, 15) is 4.39 Å². The fourth-order valence-corrected chi connectivity index (χ4v) is 2.88. The van der Waals surface area contributed by atoms with Crippen molar-refractivity contribution in [3.63, 3.8) is 0 Å². The molecule has 2 aromatic rings. The van der Waals surface area contributed by atoms with Crippen molar-refractivity contribution >= 4 is 11.8 Å². The Balaban J connectivity index is 1.73. The molecule has 19 heavy (non-hydrogen) atoms. The van der Waals surface area contributed by atoms with Crippen molar-refractivity contribution in [3.05, 3.63) is 66.0 Å². The first kappa shape index (κ1) is 14.1. The Labute approximate surface area is 118 Å². The van der Waals surface area contributed by atoms with Crippen molar-refractivity contribution < 1.29 is 4.39 Å². The summed E-state index contributed by atoms with van der Waals surface area (Å²) in [5, 5.41) is 0. The average molecular weight is 275 g/mol. The van der Waals surface area contributed by atoms with Crippen LogP contribution in [0, 0.1) is 5.82 Å². The molecule has 0 heterocycles. The number of hydrogen-bond donors (Lipinski definition) is 1. The molecule has 1 nitrogen and oxygen atoms in total. The molecule has 1 atom stereocenters. The molecule has 0 bridgehead atoms. The Morgan fingerprint density at radius 2 is 1.68 bits per heavy atom. The van der Waals surface area contributed by atoms with Gasteiger partial charge < -0.3 is 5.73 Å². The third kappa shape index (κ3) is 5.05. The zero-order valence-corrected chi connectivity index (χ0v) is 11.6. The predicted molar refractivity (Wildman–Crippen MR) is 79.9 cm³/mol. The van der Waals surface area contributed by atoms with Crippen molar-refractivity contribution in [2.75, 3.05) is 5.75 Å². The van der Waals surface area contributed by atoms with Gasteiger partial charge in [0.2, 0.25) is 0 Å². The molecule has 100 valence electrons. The van der Waals surface area contributed by atoms with Crippen molar-refractivity contribution in [2.45, 2.75) is 23.8 Å². The molecule has 0 aromatic heterocycles. The van der Waals surface area contributed by atoms with Crippen LogP contribution < -0.4 is 5.73 Å². The van der Waals surface area contributed by atoms with Gasteiger partial charge in [-0.05, 0) is 48.4 Å². The number of halogens is 1. The van der Waals surface area contributed by atoms with Crippen LogP contribution in [0.4, 0.5) is 4.39 Å². The maximum atomic E-state index is 12.8. The maximum absolute atomic E-state index is 12.8. The molecule has 3 heteroatoms. The van der Waals surface area contributed by atoms with Gasteiger partial charge >= 0.3 is 0 Å². The first-order chi connectivity index (χ1) is 9.24. The number of thioether (sulfide) groups is 1. The molecule has 0 saturated heterocycles. The Hall–Kier alpha value is -1.32. The summed E-state index contributed by atoms with van der Waals surface area (Å²) in [5.74, 6) is 0.809. The van der Waals surface area contributed by atoms with E-state index >= 15 is 0 Å². The quantitative estimate of drug-likeness (QED) is 0.810. The van der Waals surface area contributed by atoms with Gasteiger partial charge in [0, 0.05) is 10.9 Å². The van der Waals surface area contributed by atoms with E-state index in [-0.39, 0.29) is 11.9 Å². The number of rotatable bonds is 6.